The molecule has 1 saturated carbocycles. The molecule has 1 fully saturated rings. The van der Waals surface area contributed by atoms with Crippen LogP contribution in [0.4, 0.5) is 18.9 Å². The summed E-state index contributed by atoms with van der Waals surface area (Å²) in [4.78, 5) is 4.14. The standard InChI is InChI=1S/C13H12F3N3S/c1-20-11(18-8-17)19-10-4-2-9(3-5-10)12(6-7-12)13(14,15)16/h2-5H,6-7H2,1H3,(H,18,19). The van der Waals surface area contributed by atoms with Gasteiger partial charge in [-0.05, 0) is 36.8 Å². The van der Waals surface area contributed by atoms with Crippen molar-refractivity contribution in [3.63, 3.8) is 0 Å². The Morgan fingerprint density at radius 2 is 1.95 bits per heavy atom. The van der Waals surface area contributed by atoms with Gasteiger partial charge in [-0.2, -0.15) is 18.4 Å². The van der Waals surface area contributed by atoms with Crippen LogP contribution in [0.15, 0.2) is 29.3 Å². The van der Waals surface area contributed by atoms with E-state index in [1.807, 2.05) is 0 Å². The van der Waals surface area contributed by atoms with Gasteiger partial charge in [0, 0.05) is 0 Å². The minimum atomic E-state index is -4.20. The zero-order chi connectivity index (χ0) is 14.8. The predicted octanol–water partition coefficient (Wildman–Crippen LogP) is 3.70. The van der Waals surface area contributed by atoms with Crippen LogP contribution in [0, 0.1) is 11.5 Å². The maximum Gasteiger partial charge on any atom is 0.398 e. The van der Waals surface area contributed by atoms with Crippen molar-refractivity contribution in [2.45, 2.75) is 24.4 Å². The third-order valence-corrected chi connectivity index (χ3v) is 3.88. The lowest BCUT2D eigenvalue weighted by atomic mass is 9.95. The minimum absolute atomic E-state index is 0.144. The van der Waals surface area contributed by atoms with Gasteiger partial charge < -0.3 is 0 Å². The number of aliphatic imine (C=N–C) groups is 1. The second kappa shape index (κ2) is 5.37. The molecule has 0 aliphatic heterocycles. The van der Waals surface area contributed by atoms with Crippen LogP contribution in [0.25, 0.3) is 0 Å². The summed E-state index contributed by atoms with van der Waals surface area (Å²) in [6.45, 7) is 0. The lowest BCUT2D eigenvalue weighted by Gasteiger charge is -2.19. The summed E-state index contributed by atoms with van der Waals surface area (Å²) in [5.74, 6) is 0. The van der Waals surface area contributed by atoms with Crippen LogP contribution >= 0.6 is 11.8 Å². The van der Waals surface area contributed by atoms with E-state index in [4.69, 9.17) is 5.26 Å². The summed E-state index contributed by atoms with van der Waals surface area (Å²) in [5, 5.41) is 11.3. The van der Waals surface area contributed by atoms with Crippen LogP contribution in [-0.4, -0.2) is 17.6 Å². The molecule has 0 aromatic heterocycles. The highest BCUT2D eigenvalue weighted by Crippen LogP contribution is 2.58. The maximum absolute atomic E-state index is 13.0. The Morgan fingerprint density at radius 1 is 1.35 bits per heavy atom. The van der Waals surface area contributed by atoms with Crippen LogP contribution in [0.5, 0.6) is 0 Å². The highest BCUT2D eigenvalue weighted by molar-refractivity contribution is 8.13. The Labute approximate surface area is 118 Å². The second-order valence-corrected chi connectivity index (χ2v) is 5.28. The third-order valence-electron chi connectivity index (χ3n) is 3.30. The molecule has 0 amide bonds. The summed E-state index contributed by atoms with van der Waals surface area (Å²) >= 11 is 1.25. The van der Waals surface area contributed by atoms with Gasteiger partial charge >= 0.3 is 6.18 Å². The molecular weight excluding hydrogens is 287 g/mol. The molecule has 1 aromatic carbocycles. The van der Waals surface area contributed by atoms with Crippen LogP contribution in [0.1, 0.15) is 18.4 Å². The quantitative estimate of drug-likeness (QED) is 0.392. The van der Waals surface area contributed by atoms with Crippen molar-refractivity contribution in [2.24, 2.45) is 4.99 Å². The van der Waals surface area contributed by atoms with Gasteiger partial charge in [0.25, 0.3) is 0 Å². The van der Waals surface area contributed by atoms with Crippen molar-refractivity contribution in [1.82, 2.24) is 5.32 Å². The lowest BCUT2D eigenvalue weighted by molar-refractivity contribution is -0.160. The molecule has 0 unspecified atom stereocenters. The number of nitrogens with zero attached hydrogens (tertiary/aromatic N) is 2. The number of hydrogen-bond acceptors (Lipinski definition) is 3. The van der Waals surface area contributed by atoms with Gasteiger partial charge in [0.15, 0.2) is 11.4 Å². The lowest BCUT2D eigenvalue weighted by Crippen LogP contribution is -2.28. The Hall–Kier alpha value is -1.68. The van der Waals surface area contributed by atoms with Crippen molar-refractivity contribution < 1.29 is 13.2 Å². The topological polar surface area (TPSA) is 48.2 Å². The number of amidine groups is 1. The number of rotatable bonds is 2. The fourth-order valence-electron chi connectivity index (χ4n) is 2.01. The number of nitriles is 1. The average Bonchev–Trinajstić information content (AvgIpc) is 3.20. The second-order valence-electron chi connectivity index (χ2n) is 4.48. The summed E-state index contributed by atoms with van der Waals surface area (Å²) in [5.41, 5.74) is -0.871. The Bertz CT molecular complexity index is 554. The number of halogens is 3. The van der Waals surface area contributed by atoms with Crippen LogP contribution in [-0.2, 0) is 5.41 Å². The molecule has 7 heteroatoms. The SMILES string of the molecule is CSC(=Nc1ccc(C2(C(F)(F)F)CC2)cc1)NC#N. The molecule has 106 valence electrons. The van der Waals surface area contributed by atoms with Gasteiger partial charge in [-0.25, -0.2) is 4.99 Å². The van der Waals surface area contributed by atoms with Gasteiger partial charge in [0.2, 0.25) is 0 Å². The fourth-order valence-corrected chi connectivity index (χ4v) is 2.35. The zero-order valence-corrected chi connectivity index (χ0v) is 11.5. The first-order chi connectivity index (χ1) is 9.43. The van der Waals surface area contributed by atoms with Crippen molar-refractivity contribution in [3.05, 3.63) is 29.8 Å². The largest absolute Gasteiger partial charge is 0.398 e. The first-order valence-corrected chi connectivity index (χ1v) is 7.10. The van der Waals surface area contributed by atoms with Gasteiger partial charge in [0.05, 0.1) is 11.1 Å². The van der Waals surface area contributed by atoms with Gasteiger partial charge in [0.1, 0.15) is 0 Å². The Balaban J connectivity index is 2.22. The molecule has 0 heterocycles. The van der Waals surface area contributed by atoms with E-state index in [2.05, 4.69) is 10.3 Å². The van der Waals surface area contributed by atoms with E-state index in [9.17, 15) is 13.2 Å². The van der Waals surface area contributed by atoms with Crippen LogP contribution < -0.4 is 5.32 Å². The van der Waals surface area contributed by atoms with Crippen molar-refractivity contribution in [2.75, 3.05) is 6.26 Å². The Morgan fingerprint density at radius 3 is 2.35 bits per heavy atom. The van der Waals surface area contributed by atoms with E-state index in [-0.39, 0.29) is 18.4 Å². The number of alkyl halides is 3. The third kappa shape index (κ3) is 2.75. The monoisotopic (exact) mass is 299 g/mol. The molecule has 0 spiro atoms. The molecule has 20 heavy (non-hydrogen) atoms. The summed E-state index contributed by atoms with van der Waals surface area (Å²) in [6, 6.07) is 6.00. The van der Waals surface area contributed by atoms with Gasteiger partial charge in [-0.1, -0.05) is 23.9 Å². The number of nitrogens with one attached hydrogen (secondary N) is 1. The van der Waals surface area contributed by atoms with Crippen molar-refractivity contribution in [3.8, 4) is 6.19 Å². The van der Waals surface area contributed by atoms with E-state index >= 15 is 0 Å². The summed E-state index contributed by atoms with van der Waals surface area (Å²) in [7, 11) is 0. The summed E-state index contributed by atoms with van der Waals surface area (Å²) in [6.07, 6.45) is -0.411. The van der Waals surface area contributed by atoms with Crippen LogP contribution in [0.3, 0.4) is 0 Å². The van der Waals surface area contributed by atoms with Crippen molar-refractivity contribution >= 4 is 22.6 Å². The van der Waals surface area contributed by atoms with E-state index in [1.54, 1.807) is 12.4 Å². The fraction of sp³-hybridized carbons (Fsp3) is 0.385. The normalized spacial score (nSPS) is 17.4. The molecule has 0 saturated heterocycles. The molecular formula is C13H12F3N3S. The first-order valence-electron chi connectivity index (χ1n) is 5.88. The maximum atomic E-state index is 13.0. The highest BCUT2D eigenvalue weighted by Gasteiger charge is 2.64. The molecule has 0 bridgehead atoms. The van der Waals surface area contributed by atoms with E-state index < -0.39 is 11.6 Å². The van der Waals surface area contributed by atoms with Crippen molar-refractivity contribution in [1.29, 1.82) is 5.26 Å². The van der Waals surface area contributed by atoms with E-state index in [0.717, 1.165) is 0 Å². The van der Waals surface area contributed by atoms with Crippen LogP contribution in [0.2, 0.25) is 0 Å². The molecule has 0 radical (unpaired) electrons. The molecule has 0 atom stereocenters. The Kier molecular flexibility index (Phi) is 3.95. The molecule has 2 rings (SSSR count). The number of thioether (sulfide) groups is 1. The number of hydrogen-bond donors (Lipinski definition) is 1. The average molecular weight is 299 g/mol. The zero-order valence-electron chi connectivity index (χ0n) is 10.7. The predicted molar refractivity (Wildman–Crippen MR) is 72.8 cm³/mol. The highest BCUT2D eigenvalue weighted by atomic mass is 32.2. The molecule has 1 aliphatic rings. The first kappa shape index (κ1) is 14.7. The van der Waals surface area contributed by atoms with Gasteiger partial charge in [-0.3, -0.25) is 5.32 Å². The minimum Gasteiger partial charge on any atom is -0.271 e. The summed E-state index contributed by atoms with van der Waals surface area (Å²) < 4.78 is 38.9. The molecule has 1 aliphatic carbocycles. The number of benzene rings is 1. The smallest absolute Gasteiger partial charge is 0.271 e. The molecule has 1 aromatic rings. The van der Waals surface area contributed by atoms with Gasteiger partial charge in [-0.15, -0.1) is 0 Å². The molecule has 1 N–H and O–H groups in total. The van der Waals surface area contributed by atoms with E-state index in [1.165, 1.54) is 36.0 Å². The van der Waals surface area contributed by atoms with E-state index in [0.29, 0.717) is 10.9 Å². The molecule has 3 nitrogen and oxygen atoms in total.